The minimum Gasteiger partial charge on any atom is -0.456 e. The third-order valence-corrected chi connectivity index (χ3v) is 10.9. The molecule has 0 fully saturated rings. The molecule has 39 heavy (non-hydrogen) atoms. The van der Waals surface area contributed by atoms with Crippen LogP contribution in [0.2, 0.25) is 0 Å². The van der Waals surface area contributed by atoms with Crippen LogP contribution in [0.15, 0.2) is 119 Å². The molecule has 4 aromatic carbocycles. The fourth-order valence-corrected chi connectivity index (χ4v) is 8.86. The zero-order chi connectivity index (χ0) is 25.5. The first-order valence-electron chi connectivity index (χ1n) is 12.8. The van der Waals surface area contributed by atoms with E-state index in [0.29, 0.717) is 0 Å². The second-order valence-electron chi connectivity index (χ2n) is 9.77. The SMILES string of the molecule is c1csc(-c2ccc(-n3c4cc(-c5ccc6c(c5)oc5ccccc56)ccc4c4sc5ccccc5c43)s2)c1. The third-order valence-electron chi connectivity index (χ3n) is 7.56. The van der Waals surface area contributed by atoms with Gasteiger partial charge in [0.15, 0.2) is 0 Å². The molecule has 0 saturated carbocycles. The fraction of sp³-hybridized carbons (Fsp3) is 0. The maximum Gasteiger partial charge on any atom is 0.136 e. The van der Waals surface area contributed by atoms with Crippen LogP contribution in [0.5, 0.6) is 0 Å². The highest BCUT2D eigenvalue weighted by molar-refractivity contribution is 7.27. The van der Waals surface area contributed by atoms with Crippen LogP contribution >= 0.6 is 34.0 Å². The first-order valence-corrected chi connectivity index (χ1v) is 15.3. The monoisotopic (exact) mass is 553 g/mol. The Morgan fingerprint density at radius 3 is 2.26 bits per heavy atom. The summed E-state index contributed by atoms with van der Waals surface area (Å²) in [5.74, 6) is 0. The van der Waals surface area contributed by atoms with Gasteiger partial charge in [-0.15, -0.1) is 34.0 Å². The Labute approximate surface area is 235 Å². The molecule has 2 nitrogen and oxygen atoms in total. The van der Waals surface area contributed by atoms with Crippen molar-refractivity contribution in [2.24, 2.45) is 0 Å². The molecule has 5 heteroatoms. The number of para-hydroxylation sites is 1. The van der Waals surface area contributed by atoms with E-state index in [1.54, 1.807) is 11.3 Å². The molecule has 0 saturated heterocycles. The van der Waals surface area contributed by atoms with E-state index < -0.39 is 0 Å². The topological polar surface area (TPSA) is 18.1 Å². The van der Waals surface area contributed by atoms with E-state index in [-0.39, 0.29) is 0 Å². The summed E-state index contributed by atoms with van der Waals surface area (Å²) in [5, 5.41) is 8.32. The average molecular weight is 554 g/mol. The summed E-state index contributed by atoms with van der Waals surface area (Å²) in [7, 11) is 0. The van der Waals surface area contributed by atoms with Crippen LogP contribution in [0, 0.1) is 0 Å². The molecule has 5 aromatic heterocycles. The molecular formula is C34H19NOS3. The number of nitrogens with zero attached hydrogens (tertiary/aromatic N) is 1. The summed E-state index contributed by atoms with van der Waals surface area (Å²) in [4.78, 5) is 2.62. The van der Waals surface area contributed by atoms with Crippen LogP contribution in [-0.4, -0.2) is 4.57 Å². The van der Waals surface area contributed by atoms with E-state index in [1.807, 2.05) is 34.8 Å². The molecule has 0 amide bonds. The lowest BCUT2D eigenvalue weighted by atomic mass is 10.0. The van der Waals surface area contributed by atoms with Gasteiger partial charge in [0.1, 0.15) is 16.2 Å². The fourth-order valence-electron chi connectivity index (χ4n) is 5.78. The van der Waals surface area contributed by atoms with E-state index in [2.05, 4.69) is 107 Å². The molecular weight excluding hydrogens is 535 g/mol. The molecule has 0 radical (unpaired) electrons. The molecule has 0 aliphatic heterocycles. The van der Waals surface area contributed by atoms with Gasteiger partial charge in [0, 0.05) is 36.0 Å². The smallest absolute Gasteiger partial charge is 0.136 e. The summed E-state index contributed by atoms with van der Waals surface area (Å²) >= 11 is 5.54. The van der Waals surface area contributed by atoms with Crippen molar-refractivity contribution < 1.29 is 4.42 Å². The maximum atomic E-state index is 6.22. The van der Waals surface area contributed by atoms with E-state index >= 15 is 0 Å². The van der Waals surface area contributed by atoms with Gasteiger partial charge in [-0.1, -0.05) is 60.7 Å². The lowest BCUT2D eigenvalue weighted by Crippen LogP contribution is -1.90. The lowest BCUT2D eigenvalue weighted by molar-refractivity contribution is 0.669. The Bertz CT molecular complexity index is 2340. The highest BCUT2D eigenvalue weighted by Gasteiger charge is 2.20. The second-order valence-corrected chi connectivity index (χ2v) is 12.8. The number of hydrogen-bond acceptors (Lipinski definition) is 4. The Morgan fingerprint density at radius 1 is 0.564 bits per heavy atom. The lowest BCUT2D eigenvalue weighted by Gasteiger charge is -2.07. The molecule has 9 aromatic rings. The van der Waals surface area contributed by atoms with Crippen LogP contribution < -0.4 is 0 Å². The van der Waals surface area contributed by atoms with Gasteiger partial charge < -0.3 is 4.42 Å². The Balaban J connectivity index is 1.30. The highest BCUT2D eigenvalue weighted by atomic mass is 32.1. The molecule has 0 aliphatic rings. The summed E-state index contributed by atoms with van der Waals surface area (Å²) < 4.78 is 11.4. The van der Waals surface area contributed by atoms with Crippen LogP contribution in [0.25, 0.3) is 79.0 Å². The molecule has 0 bridgehead atoms. The largest absolute Gasteiger partial charge is 0.456 e. The van der Waals surface area contributed by atoms with Crippen molar-refractivity contribution in [1.82, 2.24) is 4.57 Å². The number of benzene rings is 4. The van der Waals surface area contributed by atoms with Crippen LogP contribution in [0.1, 0.15) is 0 Å². The number of furan rings is 1. The second kappa shape index (κ2) is 8.17. The standard InChI is InChI=1S/C34H19NOS3/c1-3-8-27-22(6-1)23-13-11-21(19-28(23)36-27)20-12-14-24-26(18-20)35(32-16-15-31(38-32)30-10-5-17-37-30)33-25-7-2-4-9-29(25)39-34(24)33/h1-19H. The molecule has 5 heterocycles. The molecule has 0 unspecified atom stereocenters. The average Bonchev–Trinajstić information content (AvgIpc) is 3.79. The number of rotatable bonds is 3. The van der Waals surface area contributed by atoms with Crippen molar-refractivity contribution in [2.45, 2.75) is 0 Å². The third kappa shape index (κ3) is 3.18. The van der Waals surface area contributed by atoms with E-state index in [9.17, 15) is 0 Å². The van der Waals surface area contributed by atoms with Gasteiger partial charge >= 0.3 is 0 Å². The summed E-state index contributed by atoms with van der Waals surface area (Å²) in [6, 6.07) is 39.4. The normalized spacial score (nSPS) is 12.1. The van der Waals surface area contributed by atoms with E-state index in [0.717, 1.165) is 27.5 Å². The van der Waals surface area contributed by atoms with Crippen molar-refractivity contribution in [3.8, 4) is 25.9 Å². The zero-order valence-corrected chi connectivity index (χ0v) is 23.0. The maximum absolute atomic E-state index is 6.22. The zero-order valence-electron chi connectivity index (χ0n) is 20.5. The van der Waals surface area contributed by atoms with Crippen molar-refractivity contribution in [1.29, 1.82) is 0 Å². The van der Waals surface area contributed by atoms with Crippen molar-refractivity contribution in [2.75, 3.05) is 0 Å². The molecule has 0 spiro atoms. The van der Waals surface area contributed by atoms with E-state index in [4.69, 9.17) is 4.42 Å². The first kappa shape index (κ1) is 21.7. The van der Waals surface area contributed by atoms with Crippen molar-refractivity contribution in [3.05, 3.63) is 115 Å². The van der Waals surface area contributed by atoms with Crippen LogP contribution in [0.3, 0.4) is 0 Å². The van der Waals surface area contributed by atoms with Gasteiger partial charge in [-0.3, -0.25) is 4.57 Å². The van der Waals surface area contributed by atoms with Crippen LogP contribution in [-0.2, 0) is 0 Å². The number of thiophene rings is 3. The Morgan fingerprint density at radius 2 is 1.36 bits per heavy atom. The van der Waals surface area contributed by atoms with Crippen molar-refractivity contribution in [3.63, 3.8) is 0 Å². The van der Waals surface area contributed by atoms with Gasteiger partial charge in [0.25, 0.3) is 0 Å². The quantitative estimate of drug-likeness (QED) is 0.213. The first-order chi connectivity index (χ1) is 19.3. The predicted molar refractivity (Wildman–Crippen MR) is 170 cm³/mol. The van der Waals surface area contributed by atoms with Crippen molar-refractivity contribution >= 4 is 87.2 Å². The molecule has 0 atom stereocenters. The summed E-state index contributed by atoms with van der Waals surface area (Å²) in [6.45, 7) is 0. The minimum atomic E-state index is 0.926. The van der Waals surface area contributed by atoms with Gasteiger partial charge in [0.05, 0.1) is 15.7 Å². The predicted octanol–water partition coefficient (Wildman–Crippen LogP) is 11.4. The molecule has 0 N–H and O–H groups in total. The summed E-state index contributed by atoms with van der Waals surface area (Å²) in [6.07, 6.45) is 0. The Kier molecular flexibility index (Phi) is 4.55. The molecule has 9 rings (SSSR count). The van der Waals surface area contributed by atoms with Gasteiger partial charge in [-0.25, -0.2) is 0 Å². The number of hydrogen-bond donors (Lipinski definition) is 0. The number of aromatic nitrogens is 1. The van der Waals surface area contributed by atoms with E-state index in [1.165, 1.54) is 51.5 Å². The highest BCUT2D eigenvalue weighted by Crippen LogP contribution is 2.45. The molecule has 184 valence electrons. The van der Waals surface area contributed by atoms with Gasteiger partial charge in [-0.05, 0) is 65.0 Å². The van der Waals surface area contributed by atoms with Crippen LogP contribution in [0.4, 0.5) is 0 Å². The van der Waals surface area contributed by atoms with Gasteiger partial charge in [-0.2, -0.15) is 0 Å². The number of fused-ring (bicyclic) bond motifs is 8. The summed E-state index contributed by atoms with van der Waals surface area (Å²) in [5.41, 5.74) is 6.75. The molecule has 0 aliphatic carbocycles. The van der Waals surface area contributed by atoms with Gasteiger partial charge in [0.2, 0.25) is 0 Å². The minimum absolute atomic E-state index is 0.926. The Hall–Kier alpha value is -4.16.